The van der Waals surface area contributed by atoms with Crippen molar-refractivity contribution in [1.82, 2.24) is 9.80 Å². The number of anilines is 1. The van der Waals surface area contributed by atoms with Crippen LogP contribution in [0.15, 0.2) is 24.3 Å². The van der Waals surface area contributed by atoms with Crippen LogP contribution < -0.4 is 4.90 Å². The zero-order valence-electron chi connectivity index (χ0n) is 15.0. The number of fused-ring (bicyclic) bond motifs is 1. The fourth-order valence-electron chi connectivity index (χ4n) is 4.09. The first-order valence-corrected chi connectivity index (χ1v) is 8.65. The van der Waals surface area contributed by atoms with E-state index in [0.717, 1.165) is 30.6 Å². The number of amides is 2. The van der Waals surface area contributed by atoms with Gasteiger partial charge in [-0.3, -0.25) is 9.59 Å². The molecule has 130 valence electrons. The number of nitrogens with zero attached hydrogens (tertiary/aromatic N) is 3. The third kappa shape index (κ3) is 3.12. The van der Waals surface area contributed by atoms with Crippen molar-refractivity contribution in [3.05, 3.63) is 29.8 Å². The van der Waals surface area contributed by atoms with Gasteiger partial charge in [0.25, 0.3) is 5.91 Å². The molecule has 1 aromatic rings. The van der Waals surface area contributed by atoms with E-state index in [1.54, 1.807) is 0 Å². The Balaban J connectivity index is 1.71. The lowest BCUT2D eigenvalue weighted by Crippen LogP contribution is -2.39. The molecule has 1 aliphatic heterocycles. The zero-order chi connectivity index (χ0) is 17.4. The first-order chi connectivity index (χ1) is 11.4. The van der Waals surface area contributed by atoms with Gasteiger partial charge < -0.3 is 14.7 Å². The quantitative estimate of drug-likeness (QED) is 0.853. The first-order valence-electron chi connectivity index (χ1n) is 8.65. The molecule has 2 fully saturated rings. The Labute approximate surface area is 144 Å². The van der Waals surface area contributed by atoms with Crippen LogP contribution >= 0.6 is 0 Å². The highest BCUT2D eigenvalue weighted by atomic mass is 16.2. The Morgan fingerprint density at radius 3 is 2.58 bits per heavy atom. The summed E-state index contributed by atoms with van der Waals surface area (Å²) in [5, 5.41) is 0. The van der Waals surface area contributed by atoms with Crippen LogP contribution in [0.25, 0.3) is 0 Å². The number of hydrogen-bond acceptors (Lipinski definition) is 3. The molecule has 2 aliphatic rings. The summed E-state index contributed by atoms with van der Waals surface area (Å²) in [6, 6.07) is 7.99. The number of carbonyl (C=O) groups is 2. The molecule has 0 N–H and O–H groups in total. The second kappa shape index (κ2) is 6.46. The van der Waals surface area contributed by atoms with E-state index in [2.05, 4.69) is 0 Å². The molecule has 1 aliphatic carbocycles. The van der Waals surface area contributed by atoms with E-state index in [9.17, 15) is 9.59 Å². The van der Waals surface area contributed by atoms with Crippen molar-refractivity contribution in [3.8, 4) is 0 Å². The first kappa shape index (κ1) is 16.8. The highest BCUT2D eigenvalue weighted by molar-refractivity contribution is 5.95. The fourth-order valence-corrected chi connectivity index (χ4v) is 4.09. The van der Waals surface area contributed by atoms with Crippen LogP contribution in [0.5, 0.6) is 0 Å². The third-order valence-corrected chi connectivity index (χ3v) is 5.66. The van der Waals surface area contributed by atoms with Crippen molar-refractivity contribution in [2.45, 2.75) is 25.3 Å². The molecule has 24 heavy (non-hydrogen) atoms. The molecule has 0 unspecified atom stereocenters. The molecule has 1 aromatic carbocycles. The molecular formula is C19H27N3O2. The molecule has 3 atom stereocenters. The molecule has 3 rings (SSSR count). The number of hydrogen-bond donors (Lipinski definition) is 0. The molecule has 0 bridgehead atoms. The van der Waals surface area contributed by atoms with E-state index in [1.807, 2.05) is 67.2 Å². The van der Waals surface area contributed by atoms with E-state index in [-0.39, 0.29) is 17.9 Å². The van der Waals surface area contributed by atoms with Gasteiger partial charge in [0.15, 0.2) is 0 Å². The molecule has 1 saturated carbocycles. The predicted molar refractivity (Wildman–Crippen MR) is 95.1 cm³/mol. The summed E-state index contributed by atoms with van der Waals surface area (Å²) in [4.78, 5) is 30.5. The molecule has 5 heteroatoms. The molecule has 0 radical (unpaired) electrons. The summed E-state index contributed by atoms with van der Waals surface area (Å²) < 4.78 is 0. The van der Waals surface area contributed by atoms with Gasteiger partial charge in [-0.05, 0) is 42.9 Å². The van der Waals surface area contributed by atoms with Crippen molar-refractivity contribution in [2.24, 2.45) is 11.8 Å². The van der Waals surface area contributed by atoms with Crippen LogP contribution in [0.2, 0.25) is 0 Å². The van der Waals surface area contributed by atoms with E-state index in [1.165, 1.54) is 0 Å². The normalized spacial score (nSPS) is 26.2. The van der Waals surface area contributed by atoms with Crippen molar-refractivity contribution < 1.29 is 9.59 Å². The summed E-state index contributed by atoms with van der Waals surface area (Å²) in [7, 11) is 7.73. The van der Waals surface area contributed by atoms with Crippen molar-refractivity contribution in [1.29, 1.82) is 0 Å². The maximum atomic E-state index is 12.9. The van der Waals surface area contributed by atoms with Gasteiger partial charge >= 0.3 is 0 Å². The minimum absolute atomic E-state index is 0.0713. The van der Waals surface area contributed by atoms with E-state index in [4.69, 9.17) is 0 Å². The second-order valence-electron chi connectivity index (χ2n) is 7.48. The van der Waals surface area contributed by atoms with Gasteiger partial charge in [-0.2, -0.15) is 0 Å². The number of likely N-dealkylation sites (tertiary alicyclic amines) is 1. The lowest BCUT2D eigenvalue weighted by Gasteiger charge is -2.31. The molecule has 1 heterocycles. The minimum atomic E-state index is 0.0713. The van der Waals surface area contributed by atoms with Crippen molar-refractivity contribution in [3.63, 3.8) is 0 Å². The lowest BCUT2D eigenvalue weighted by molar-refractivity contribution is -0.134. The topological polar surface area (TPSA) is 43.9 Å². The summed E-state index contributed by atoms with van der Waals surface area (Å²) in [6.45, 7) is 0.831. The summed E-state index contributed by atoms with van der Waals surface area (Å²) >= 11 is 0. The van der Waals surface area contributed by atoms with Crippen LogP contribution in [0.4, 0.5) is 5.69 Å². The predicted octanol–water partition coefficient (Wildman–Crippen LogP) is 2.08. The maximum absolute atomic E-state index is 12.9. The number of piperidine rings is 1. The van der Waals surface area contributed by atoms with Crippen LogP contribution in [0.1, 0.15) is 29.6 Å². The number of rotatable bonds is 3. The van der Waals surface area contributed by atoms with Crippen LogP contribution in [-0.2, 0) is 4.79 Å². The van der Waals surface area contributed by atoms with Gasteiger partial charge in [-0.15, -0.1) is 0 Å². The fraction of sp³-hybridized carbons (Fsp3) is 0.579. The lowest BCUT2D eigenvalue weighted by atomic mass is 9.88. The van der Waals surface area contributed by atoms with Gasteiger partial charge in [-0.1, -0.05) is 6.07 Å². The van der Waals surface area contributed by atoms with Gasteiger partial charge in [-0.25, -0.2) is 0 Å². The summed E-state index contributed by atoms with van der Waals surface area (Å²) in [6.07, 6.45) is 2.58. The monoisotopic (exact) mass is 329 g/mol. The van der Waals surface area contributed by atoms with Crippen molar-refractivity contribution in [2.75, 3.05) is 39.6 Å². The van der Waals surface area contributed by atoms with Gasteiger partial charge in [0.1, 0.15) is 0 Å². The third-order valence-electron chi connectivity index (χ3n) is 5.66. The van der Waals surface area contributed by atoms with Gasteiger partial charge in [0.2, 0.25) is 5.91 Å². The number of benzene rings is 1. The summed E-state index contributed by atoms with van der Waals surface area (Å²) in [5.41, 5.74) is 1.76. The largest absolute Gasteiger partial charge is 0.378 e. The van der Waals surface area contributed by atoms with Gasteiger partial charge in [0.05, 0.1) is 0 Å². The number of carbonyl (C=O) groups excluding carboxylic acids is 2. The SMILES string of the molecule is CN1C[C@H]2C[C@@H](N(C)C(=O)c3cccc(N(C)C)c3)C[C@H]2CC1=O. The molecule has 1 saturated heterocycles. The zero-order valence-corrected chi connectivity index (χ0v) is 15.0. The Kier molecular flexibility index (Phi) is 4.52. The van der Waals surface area contributed by atoms with Crippen LogP contribution in [0.3, 0.4) is 0 Å². The van der Waals surface area contributed by atoms with Crippen LogP contribution in [-0.4, -0.2) is 62.4 Å². The van der Waals surface area contributed by atoms with E-state index >= 15 is 0 Å². The average molecular weight is 329 g/mol. The smallest absolute Gasteiger partial charge is 0.253 e. The highest BCUT2D eigenvalue weighted by Gasteiger charge is 2.42. The van der Waals surface area contributed by atoms with Crippen LogP contribution in [0, 0.1) is 11.8 Å². The van der Waals surface area contributed by atoms with E-state index < -0.39 is 0 Å². The highest BCUT2D eigenvalue weighted by Crippen LogP contribution is 2.40. The van der Waals surface area contributed by atoms with Crippen molar-refractivity contribution >= 4 is 17.5 Å². The molecule has 2 amide bonds. The van der Waals surface area contributed by atoms with E-state index in [0.29, 0.717) is 18.3 Å². The molecule has 0 aromatic heterocycles. The molecule has 0 spiro atoms. The molecule has 5 nitrogen and oxygen atoms in total. The molecular weight excluding hydrogens is 302 g/mol. The summed E-state index contributed by atoms with van der Waals surface area (Å²) in [5.74, 6) is 1.27. The van der Waals surface area contributed by atoms with Gasteiger partial charge in [0, 0.05) is 58.4 Å². The Morgan fingerprint density at radius 1 is 1.17 bits per heavy atom. The average Bonchev–Trinajstić information content (AvgIpc) is 2.96. The Morgan fingerprint density at radius 2 is 1.88 bits per heavy atom. The standard InChI is InChI=1S/C19H27N3O2/c1-20(2)16-7-5-6-13(8-16)19(24)22(4)17-9-14-11-18(23)21(3)12-15(14)10-17/h5-8,14-15,17H,9-12H2,1-4H3/t14-,15+,17-/m0/s1. The maximum Gasteiger partial charge on any atom is 0.253 e. The Bertz CT molecular complexity index is 643. The second-order valence-corrected chi connectivity index (χ2v) is 7.48. The Hall–Kier alpha value is -2.04. The minimum Gasteiger partial charge on any atom is -0.378 e.